The fraction of sp³-hybridized carbons (Fsp3) is 0.227. The van der Waals surface area contributed by atoms with Gasteiger partial charge in [-0.1, -0.05) is 55.3 Å². The second-order valence-electron chi connectivity index (χ2n) is 6.01. The van der Waals surface area contributed by atoms with Gasteiger partial charge in [-0.3, -0.25) is 0 Å². The number of carboxylic acid groups (broad SMARTS) is 1. The summed E-state index contributed by atoms with van der Waals surface area (Å²) in [5.74, 6) is 5.64. The minimum absolute atomic E-state index is 0.282. The van der Waals surface area contributed by atoms with E-state index < -0.39 is 5.97 Å². The van der Waals surface area contributed by atoms with Crippen molar-refractivity contribution in [2.45, 2.75) is 26.8 Å². The number of hydrogen-bond acceptors (Lipinski definition) is 4. The van der Waals surface area contributed by atoms with Gasteiger partial charge in [0.1, 0.15) is 0 Å². The Bertz CT molecular complexity index is 1030. The predicted octanol–water partition coefficient (Wildman–Crippen LogP) is 3.85. The molecule has 0 saturated carbocycles. The maximum Gasteiger partial charge on any atom is 0.336 e. The largest absolute Gasteiger partial charge is 0.478 e. The summed E-state index contributed by atoms with van der Waals surface area (Å²) >= 11 is 0. The molecular formula is C22H21N3O3. The molecule has 1 N–H and O–H groups in total. The third kappa shape index (κ3) is 4.38. The molecular weight excluding hydrogens is 354 g/mol. The summed E-state index contributed by atoms with van der Waals surface area (Å²) in [5.41, 5.74) is 2.82. The summed E-state index contributed by atoms with van der Waals surface area (Å²) in [4.78, 5) is 15.8. The molecule has 3 aromatic rings. The van der Waals surface area contributed by atoms with Crippen LogP contribution in [-0.4, -0.2) is 32.4 Å². The predicted molar refractivity (Wildman–Crippen MR) is 106 cm³/mol. The first-order chi connectivity index (χ1) is 13.6. The number of hydrogen-bond donors (Lipinski definition) is 1. The fourth-order valence-electron chi connectivity index (χ4n) is 2.77. The zero-order valence-electron chi connectivity index (χ0n) is 15.8. The maximum absolute atomic E-state index is 11.4. The van der Waals surface area contributed by atoms with E-state index in [9.17, 15) is 9.90 Å². The molecule has 0 atom stereocenters. The van der Waals surface area contributed by atoms with Crippen molar-refractivity contribution in [1.29, 1.82) is 0 Å². The Morgan fingerprint density at radius 2 is 1.89 bits per heavy atom. The summed E-state index contributed by atoms with van der Waals surface area (Å²) in [6, 6.07) is 15.0. The van der Waals surface area contributed by atoms with Gasteiger partial charge in [0.2, 0.25) is 5.82 Å². The molecule has 2 aromatic carbocycles. The molecule has 3 rings (SSSR count). The van der Waals surface area contributed by atoms with Crippen LogP contribution in [0.25, 0.3) is 11.1 Å². The summed E-state index contributed by atoms with van der Waals surface area (Å²) in [7, 11) is 0. The average Bonchev–Trinajstić information content (AvgIpc) is 3.08. The molecule has 6 heteroatoms. The Labute approximate surface area is 163 Å². The lowest BCUT2D eigenvalue weighted by Gasteiger charge is -2.08. The van der Waals surface area contributed by atoms with E-state index in [2.05, 4.69) is 21.9 Å². The molecule has 0 saturated heterocycles. The zero-order chi connectivity index (χ0) is 19.9. The van der Waals surface area contributed by atoms with Crippen LogP contribution in [0.2, 0.25) is 0 Å². The highest BCUT2D eigenvalue weighted by Crippen LogP contribution is 2.24. The van der Waals surface area contributed by atoms with Crippen molar-refractivity contribution < 1.29 is 14.6 Å². The minimum atomic E-state index is -0.940. The molecule has 0 aliphatic heterocycles. The van der Waals surface area contributed by atoms with Crippen LogP contribution in [0.3, 0.4) is 0 Å². The minimum Gasteiger partial charge on any atom is -0.478 e. The van der Waals surface area contributed by atoms with Crippen LogP contribution in [0.1, 0.15) is 42.0 Å². The lowest BCUT2D eigenvalue weighted by Crippen LogP contribution is -2.05. The van der Waals surface area contributed by atoms with Crippen LogP contribution < -0.4 is 4.74 Å². The highest BCUT2D eigenvalue weighted by molar-refractivity contribution is 5.95. The van der Waals surface area contributed by atoms with Crippen molar-refractivity contribution in [3.63, 3.8) is 0 Å². The third-order valence-electron chi connectivity index (χ3n) is 4.06. The third-order valence-corrected chi connectivity index (χ3v) is 4.06. The number of aromatic nitrogens is 3. The molecule has 6 nitrogen and oxygen atoms in total. The number of aromatic carboxylic acids is 1. The van der Waals surface area contributed by atoms with Gasteiger partial charge in [-0.25, -0.2) is 9.48 Å². The Balaban J connectivity index is 1.86. The highest BCUT2D eigenvalue weighted by Gasteiger charge is 2.12. The van der Waals surface area contributed by atoms with Gasteiger partial charge < -0.3 is 9.84 Å². The summed E-state index contributed by atoms with van der Waals surface area (Å²) in [6.45, 7) is 4.84. The Morgan fingerprint density at radius 1 is 1.14 bits per heavy atom. The topological polar surface area (TPSA) is 77.2 Å². The first-order valence-corrected chi connectivity index (χ1v) is 9.10. The van der Waals surface area contributed by atoms with E-state index in [0.29, 0.717) is 30.5 Å². The van der Waals surface area contributed by atoms with E-state index in [1.807, 2.05) is 50.2 Å². The molecule has 0 bridgehead atoms. The van der Waals surface area contributed by atoms with Gasteiger partial charge >= 0.3 is 12.0 Å². The SMILES string of the molecule is CCC#Cc1nc(OCC)nn1Cc1ccc(-c2ccccc2C(=O)O)cc1. The Hall–Kier alpha value is -3.59. The monoisotopic (exact) mass is 375 g/mol. The molecule has 0 amide bonds. The molecule has 0 radical (unpaired) electrons. The van der Waals surface area contributed by atoms with Gasteiger partial charge in [0.15, 0.2) is 0 Å². The summed E-state index contributed by atoms with van der Waals surface area (Å²) in [5, 5.41) is 13.7. The number of carbonyl (C=O) groups is 1. The number of nitrogens with zero attached hydrogens (tertiary/aromatic N) is 3. The zero-order valence-corrected chi connectivity index (χ0v) is 15.8. The van der Waals surface area contributed by atoms with E-state index >= 15 is 0 Å². The molecule has 28 heavy (non-hydrogen) atoms. The number of carboxylic acids is 1. The van der Waals surface area contributed by atoms with Gasteiger partial charge in [-0.2, -0.15) is 4.98 Å². The van der Waals surface area contributed by atoms with Crippen LogP contribution in [0.4, 0.5) is 0 Å². The molecule has 0 spiro atoms. The maximum atomic E-state index is 11.4. The van der Waals surface area contributed by atoms with Crippen molar-refractivity contribution in [1.82, 2.24) is 14.8 Å². The van der Waals surface area contributed by atoms with Crippen LogP contribution >= 0.6 is 0 Å². The van der Waals surface area contributed by atoms with E-state index in [-0.39, 0.29) is 5.56 Å². The molecule has 0 aliphatic carbocycles. The van der Waals surface area contributed by atoms with Crippen molar-refractivity contribution >= 4 is 5.97 Å². The lowest BCUT2D eigenvalue weighted by atomic mass is 9.99. The summed E-state index contributed by atoms with van der Waals surface area (Å²) < 4.78 is 7.11. The van der Waals surface area contributed by atoms with Gasteiger partial charge in [0.05, 0.1) is 18.7 Å². The standard InChI is InChI=1S/C22H21N3O3/c1-3-5-10-20-23-22(28-4-2)24-25(20)15-16-11-13-17(14-12-16)18-8-6-7-9-19(18)21(26)27/h6-9,11-14H,3-4,15H2,1-2H3,(H,26,27). The summed E-state index contributed by atoms with van der Waals surface area (Å²) in [6.07, 6.45) is 0.731. The van der Waals surface area contributed by atoms with E-state index in [1.54, 1.807) is 16.8 Å². The van der Waals surface area contributed by atoms with Crippen LogP contribution in [0, 0.1) is 11.8 Å². The van der Waals surface area contributed by atoms with Crippen molar-refractivity contribution in [2.24, 2.45) is 0 Å². The van der Waals surface area contributed by atoms with Gasteiger partial charge in [-0.05, 0) is 35.6 Å². The first-order valence-electron chi connectivity index (χ1n) is 9.10. The van der Waals surface area contributed by atoms with Gasteiger partial charge in [0.25, 0.3) is 0 Å². The molecule has 1 aromatic heterocycles. The molecule has 0 fully saturated rings. The fourth-order valence-corrected chi connectivity index (χ4v) is 2.77. The quantitative estimate of drug-likeness (QED) is 0.662. The van der Waals surface area contributed by atoms with Crippen molar-refractivity contribution in [3.8, 4) is 29.0 Å². The molecule has 0 unspecified atom stereocenters. The first kappa shape index (κ1) is 19.2. The number of benzene rings is 2. The molecule has 1 heterocycles. The van der Waals surface area contributed by atoms with Crippen molar-refractivity contribution in [3.05, 3.63) is 65.5 Å². The van der Waals surface area contributed by atoms with Crippen LogP contribution in [-0.2, 0) is 6.54 Å². The number of rotatable bonds is 6. The van der Waals surface area contributed by atoms with E-state index in [4.69, 9.17) is 4.74 Å². The van der Waals surface area contributed by atoms with Crippen LogP contribution in [0.5, 0.6) is 6.01 Å². The van der Waals surface area contributed by atoms with E-state index in [1.165, 1.54) is 0 Å². The smallest absolute Gasteiger partial charge is 0.336 e. The van der Waals surface area contributed by atoms with E-state index in [0.717, 1.165) is 17.5 Å². The highest BCUT2D eigenvalue weighted by atomic mass is 16.5. The van der Waals surface area contributed by atoms with Gasteiger partial charge in [0, 0.05) is 6.42 Å². The Kier molecular flexibility index (Phi) is 6.07. The molecule has 142 valence electrons. The second-order valence-corrected chi connectivity index (χ2v) is 6.01. The lowest BCUT2D eigenvalue weighted by molar-refractivity contribution is 0.0697. The number of ether oxygens (including phenoxy) is 1. The molecule has 0 aliphatic rings. The van der Waals surface area contributed by atoms with Crippen molar-refractivity contribution in [2.75, 3.05) is 6.61 Å². The Morgan fingerprint density at radius 3 is 2.57 bits per heavy atom. The van der Waals surface area contributed by atoms with Gasteiger partial charge in [-0.15, -0.1) is 5.10 Å². The van der Waals surface area contributed by atoms with Crippen LogP contribution in [0.15, 0.2) is 48.5 Å². The average molecular weight is 375 g/mol. The second kappa shape index (κ2) is 8.87. The normalized spacial score (nSPS) is 10.2.